The van der Waals surface area contributed by atoms with Gasteiger partial charge in [0.2, 0.25) is 23.0 Å². The van der Waals surface area contributed by atoms with Gasteiger partial charge in [0.05, 0.1) is 45.4 Å². The maximum atomic E-state index is 13.5. The quantitative estimate of drug-likeness (QED) is 0.150. The predicted octanol–water partition coefficient (Wildman–Crippen LogP) is 5.42. The first-order valence-electron chi connectivity index (χ1n) is 15.6. The fourth-order valence-corrected chi connectivity index (χ4v) is 6.56. The average Bonchev–Trinajstić information content (AvgIpc) is 3.24. The van der Waals surface area contributed by atoms with Gasteiger partial charge in [-0.3, -0.25) is 14.4 Å². The Labute approximate surface area is 278 Å². The first-order valence-corrected chi connectivity index (χ1v) is 16.4. The van der Waals surface area contributed by atoms with Crippen molar-refractivity contribution in [1.82, 2.24) is 10.3 Å². The number of esters is 1. The second-order valence-corrected chi connectivity index (χ2v) is 12.0. The number of ether oxygens (including phenoxy) is 4. The average molecular weight is 667 g/mol. The van der Waals surface area contributed by atoms with Crippen molar-refractivity contribution < 1.29 is 33.3 Å². The number of fused-ring (bicyclic) bond motifs is 3. The van der Waals surface area contributed by atoms with Crippen LogP contribution < -0.4 is 35.6 Å². The molecule has 4 rings (SSSR count). The van der Waals surface area contributed by atoms with Crippen molar-refractivity contribution in [1.29, 1.82) is 0 Å². The largest absolute Gasteiger partial charge is 0.493 e. The molecule has 2 aromatic carbocycles. The van der Waals surface area contributed by atoms with Crippen molar-refractivity contribution >= 4 is 39.9 Å². The molecule has 12 nitrogen and oxygen atoms in total. The smallest absolute Gasteiger partial charge is 0.350 e. The Balaban J connectivity index is 1.45. The standard InChI is InChI=1S/C34H42N4O8S/c1-7-46-33(42)32-19(2)36-34(47-32)38-28(41)11-9-8-10-16-35-25-15-13-22-23(18-26(25)40)24(37-20(3)39)14-12-21-17-27(43-4)30(44-5)31(45-6)29(21)22/h13,15,17-18,24H,7-12,14,16H2,1-6H3,(H,35,40)(H,37,39)(H,36,38,41)/t24-/m1/s1. The van der Waals surface area contributed by atoms with Crippen LogP contribution in [0.4, 0.5) is 10.8 Å². The SMILES string of the molecule is CCOC(=O)c1sc(NC(=O)CCCCCNc2ccc3c(cc2=O)[C@H](NC(C)=O)CCc2cc(OC)c(OC)c(OC)c2-3)nc1C. The first kappa shape index (κ1) is 35.2. The van der Waals surface area contributed by atoms with Crippen molar-refractivity contribution in [2.24, 2.45) is 0 Å². The lowest BCUT2D eigenvalue weighted by atomic mass is 9.95. The van der Waals surface area contributed by atoms with Crippen molar-refractivity contribution in [2.45, 2.75) is 65.3 Å². The monoisotopic (exact) mass is 666 g/mol. The zero-order chi connectivity index (χ0) is 34.1. The first-order chi connectivity index (χ1) is 22.6. The summed E-state index contributed by atoms with van der Waals surface area (Å²) in [5, 5.41) is 9.39. The highest BCUT2D eigenvalue weighted by molar-refractivity contribution is 7.17. The number of unbranched alkanes of at least 4 members (excludes halogenated alkanes) is 2. The maximum Gasteiger partial charge on any atom is 0.350 e. The normalized spacial score (nSPS) is 13.4. The van der Waals surface area contributed by atoms with Gasteiger partial charge in [0.1, 0.15) is 4.88 Å². The van der Waals surface area contributed by atoms with Gasteiger partial charge in [0, 0.05) is 25.5 Å². The number of anilines is 2. The molecule has 0 saturated carbocycles. The highest BCUT2D eigenvalue weighted by Gasteiger charge is 2.29. The number of methoxy groups -OCH3 is 3. The number of amides is 2. The Morgan fingerprint density at radius 1 is 1.02 bits per heavy atom. The van der Waals surface area contributed by atoms with E-state index >= 15 is 0 Å². The van der Waals surface area contributed by atoms with Gasteiger partial charge in [-0.25, -0.2) is 9.78 Å². The molecule has 0 radical (unpaired) electrons. The van der Waals surface area contributed by atoms with E-state index in [1.807, 2.05) is 12.1 Å². The molecule has 3 aromatic rings. The topological polar surface area (TPSA) is 154 Å². The third-order valence-electron chi connectivity index (χ3n) is 7.82. The Morgan fingerprint density at radius 3 is 2.47 bits per heavy atom. The number of carbonyl (C=O) groups is 3. The summed E-state index contributed by atoms with van der Waals surface area (Å²) in [6, 6.07) is 6.75. The van der Waals surface area contributed by atoms with E-state index in [1.165, 1.54) is 6.92 Å². The Hall–Kier alpha value is -4.65. The van der Waals surface area contributed by atoms with Crippen LogP contribution in [0.25, 0.3) is 11.1 Å². The molecule has 0 unspecified atom stereocenters. The van der Waals surface area contributed by atoms with Crippen LogP contribution in [0.1, 0.15) is 78.5 Å². The fraction of sp³-hybridized carbons (Fsp3) is 0.441. The Kier molecular flexibility index (Phi) is 12.2. The highest BCUT2D eigenvalue weighted by Crippen LogP contribution is 2.50. The number of nitrogens with one attached hydrogen (secondary N) is 3. The van der Waals surface area contributed by atoms with Crippen molar-refractivity contribution in [3.8, 4) is 28.4 Å². The second kappa shape index (κ2) is 16.3. The molecular weight excluding hydrogens is 624 g/mol. The molecule has 1 atom stereocenters. The summed E-state index contributed by atoms with van der Waals surface area (Å²) >= 11 is 1.10. The van der Waals surface area contributed by atoms with Crippen molar-refractivity contribution in [3.05, 3.63) is 56.2 Å². The van der Waals surface area contributed by atoms with E-state index in [0.717, 1.165) is 40.9 Å². The number of carbonyl (C=O) groups excluding carboxylic acids is 3. The van der Waals surface area contributed by atoms with Gasteiger partial charge in [-0.15, -0.1) is 0 Å². The predicted molar refractivity (Wildman–Crippen MR) is 181 cm³/mol. The van der Waals surface area contributed by atoms with Crippen LogP contribution in [0.15, 0.2) is 29.1 Å². The molecular formula is C34H42N4O8S. The van der Waals surface area contributed by atoms with Gasteiger partial charge < -0.3 is 34.9 Å². The minimum atomic E-state index is -0.447. The molecule has 0 bridgehead atoms. The van der Waals surface area contributed by atoms with E-state index in [9.17, 15) is 19.2 Å². The molecule has 1 aliphatic rings. The molecule has 3 N–H and O–H groups in total. The summed E-state index contributed by atoms with van der Waals surface area (Å²) < 4.78 is 22.1. The number of hydrogen-bond acceptors (Lipinski definition) is 11. The van der Waals surface area contributed by atoms with E-state index in [1.54, 1.807) is 47.3 Å². The third-order valence-corrected chi connectivity index (χ3v) is 8.87. The summed E-state index contributed by atoms with van der Waals surface area (Å²) in [6.07, 6.45) is 3.62. The molecule has 47 heavy (non-hydrogen) atoms. The van der Waals surface area contributed by atoms with Crippen LogP contribution in [-0.2, 0) is 20.7 Å². The molecule has 1 aromatic heterocycles. The number of hydrogen-bond donors (Lipinski definition) is 3. The molecule has 0 saturated heterocycles. The van der Waals surface area contributed by atoms with Gasteiger partial charge in [-0.2, -0.15) is 0 Å². The number of thiazole rings is 1. The Morgan fingerprint density at radius 2 is 1.79 bits per heavy atom. The van der Waals surface area contributed by atoms with Crippen LogP contribution in [-0.4, -0.2) is 57.2 Å². The van der Waals surface area contributed by atoms with Crippen molar-refractivity contribution in [2.75, 3.05) is 45.1 Å². The molecule has 0 aliphatic heterocycles. The van der Waals surface area contributed by atoms with Gasteiger partial charge in [-0.05, 0) is 74.4 Å². The lowest BCUT2D eigenvalue weighted by Crippen LogP contribution is -2.26. The minimum absolute atomic E-state index is 0.181. The van der Waals surface area contributed by atoms with E-state index in [0.29, 0.717) is 76.4 Å². The number of aromatic nitrogens is 1. The van der Waals surface area contributed by atoms with Crippen LogP contribution in [0, 0.1) is 6.92 Å². The zero-order valence-corrected chi connectivity index (χ0v) is 28.5. The number of benzene rings is 1. The summed E-state index contributed by atoms with van der Waals surface area (Å²) in [7, 11) is 4.68. The van der Waals surface area contributed by atoms with Crippen LogP contribution >= 0.6 is 11.3 Å². The fourth-order valence-electron chi connectivity index (χ4n) is 5.68. The van der Waals surface area contributed by atoms with Crippen LogP contribution in [0.3, 0.4) is 0 Å². The number of rotatable bonds is 14. The number of nitrogens with zero attached hydrogens (tertiary/aromatic N) is 1. The van der Waals surface area contributed by atoms with Crippen molar-refractivity contribution in [3.63, 3.8) is 0 Å². The highest BCUT2D eigenvalue weighted by atomic mass is 32.1. The molecule has 1 heterocycles. The van der Waals surface area contributed by atoms with E-state index in [2.05, 4.69) is 20.9 Å². The molecule has 0 fully saturated rings. The third kappa shape index (κ3) is 8.39. The maximum absolute atomic E-state index is 13.5. The lowest BCUT2D eigenvalue weighted by Gasteiger charge is -2.19. The summed E-state index contributed by atoms with van der Waals surface area (Å²) in [6.45, 7) is 5.69. The van der Waals surface area contributed by atoms with E-state index in [-0.39, 0.29) is 29.9 Å². The summed E-state index contributed by atoms with van der Waals surface area (Å²) in [4.78, 5) is 54.7. The summed E-state index contributed by atoms with van der Waals surface area (Å²) in [5.74, 6) is 0.656. The zero-order valence-electron chi connectivity index (χ0n) is 27.7. The second-order valence-electron chi connectivity index (χ2n) is 11.0. The molecule has 1 aliphatic carbocycles. The molecule has 13 heteroatoms. The van der Waals surface area contributed by atoms with Gasteiger partial charge in [-0.1, -0.05) is 23.8 Å². The molecule has 0 spiro atoms. The van der Waals surface area contributed by atoms with E-state index < -0.39 is 5.97 Å². The van der Waals surface area contributed by atoms with E-state index in [4.69, 9.17) is 18.9 Å². The lowest BCUT2D eigenvalue weighted by molar-refractivity contribution is -0.119. The molecule has 252 valence electrons. The minimum Gasteiger partial charge on any atom is -0.493 e. The molecule has 2 amide bonds. The summed E-state index contributed by atoms with van der Waals surface area (Å²) in [5.41, 5.74) is 3.94. The number of aryl methyl sites for hydroxylation is 2. The van der Waals surface area contributed by atoms with Crippen LogP contribution in [0.2, 0.25) is 0 Å². The van der Waals surface area contributed by atoms with Gasteiger partial charge in [0.25, 0.3) is 0 Å². The van der Waals surface area contributed by atoms with Gasteiger partial charge in [0.15, 0.2) is 16.6 Å². The Bertz CT molecular complexity index is 1690. The van der Waals surface area contributed by atoms with Crippen LogP contribution in [0.5, 0.6) is 17.2 Å². The van der Waals surface area contributed by atoms with Gasteiger partial charge >= 0.3 is 5.97 Å².